The summed E-state index contributed by atoms with van der Waals surface area (Å²) in [7, 11) is 0. The molecule has 20 heavy (non-hydrogen) atoms. The first kappa shape index (κ1) is 17.1. The summed E-state index contributed by atoms with van der Waals surface area (Å²) in [6, 6.07) is 3.90. The zero-order chi connectivity index (χ0) is 15.1. The van der Waals surface area contributed by atoms with Crippen LogP contribution in [0.25, 0.3) is 0 Å². The molecule has 1 aromatic carbocycles. The van der Waals surface area contributed by atoms with E-state index < -0.39 is 18.2 Å². The van der Waals surface area contributed by atoms with E-state index in [1.165, 1.54) is 23.9 Å². The fourth-order valence-corrected chi connectivity index (χ4v) is 2.35. The number of halogens is 3. The van der Waals surface area contributed by atoms with E-state index in [-0.39, 0.29) is 17.9 Å². The quantitative estimate of drug-likeness (QED) is 0.774. The largest absolute Gasteiger partial charge is 0.432 e. The number of hydrogen-bond donors (Lipinski definition) is 2. The lowest BCUT2D eigenvalue weighted by Gasteiger charge is -2.21. The van der Waals surface area contributed by atoms with E-state index in [0.717, 1.165) is 6.07 Å². The number of aliphatic hydroxyl groups is 1. The van der Waals surface area contributed by atoms with Gasteiger partial charge in [0.2, 0.25) is 0 Å². The van der Waals surface area contributed by atoms with Gasteiger partial charge < -0.3 is 15.2 Å². The van der Waals surface area contributed by atoms with Gasteiger partial charge in [-0.2, -0.15) is 20.5 Å². The van der Waals surface area contributed by atoms with Gasteiger partial charge in [-0.05, 0) is 30.9 Å². The first-order valence-electron chi connectivity index (χ1n) is 6.08. The van der Waals surface area contributed by atoms with Gasteiger partial charge in [-0.3, -0.25) is 0 Å². The fraction of sp³-hybridized carbons (Fsp3) is 0.538. The van der Waals surface area contributed by atoms with E-state index in [1.54, 1.807) is 0 Å². The maximum atomic E-state index is 13.5. The van der Waals surface area contributed by atoms with Crippen LogP contribution in [0.5, 0.6) is 5.75 Å². The third-order valence-corrected chi connectivity index (χ3v) is 4.04. The maximum absolute atomic E-state index is 13.5. The molecule has 2 N–H and O–H groups in total. The van der Waals surface area contributed by atoms with Crippen molar-refractivity contribution in [3.05, 3.63) is 29.6 Å². The number of ether oxygens (including phenoxy) is 1. The van der Waals surface area contributed by atoms with Gasteiger partial charge in [0.05, 0.1) is 6.61 Å². The lowest BCUT2D eigenvalue weighted by molar-refractivity contribution is -0.0522. The van der Waals surface area contributed by atoms with Gasteiger partial charge in [-0.25, -0.2) is 4.39 Å². The average Bonchev–Trinajstić information content (AvgIpc) is 2.40. The van der Waals surface area contributed by atoms with E-state index in [0.29, 0.717) is 12.1 Å². The molecule has 114 valence electrons. The molecule has 0 spiro atoms. The maximum Gasteiger partial charge on any atom is 0.387 e. The Bertz CT molecular complexity index is 417. The Balaban J connectivity index is 2.59. The van der Waals surface area contributed by atoms with Crippen molar-refractivity contribution in [1.82, 2.24) is 5.32 Å². The number of aliphatic hydroxyl groups excluding tert-OH is 1. The minimum absolute atomic E-state index is 0.0371. The minimum atomic E-state index is -3.04. The van der Waals surface area contributed by atoms with Gasteiger partial charge in [0, 0.05) is 17.8 Å². The zero-order valence-electron chi connectivity index (χ0n) is 11.3. The molecule has 0 amide bonds. The van der Waals surface area contributed by atoms with E-state index in [1.807, 2.05) is 13.2 Å². The van der Waals surface area contributed by atoms with Crippen molar-refractivity contribution >= 4 is 11.8 Å². The van der Waals surface area contributed by atoms with Crippen LogP contribution in [0.4, 0.5) is 13.2 Å². The first-order chi connectivity index (χ1) is 9.47. The van der Waals surface area contributed by atoms with Crippen molar-refractivity contribution in [3.8, 4) is 5.75 Å². The topological polar surface area (TPSA) is 41.5 Å². The molecule has 0 saturated carbocycles. The molecular formula is C13H18F3NO2S. The van der Waals surface area contributed by atoms with Gasteiger partial charge in [-0.15, -0.1) is 0 Å². The number of rotatable bonds is 8. The van der Waals surface area contributed by atoms with E-state index >= 15 is 0 Å². The third kappa shape index (κ3) is 5.22. The number of nitrogens with one attached hydrogen (secondary N) is 1. The summed E-state index contributed by atoms with van der Waals surface area (Å²) in [4.78, 5) is 0. The van der Waals surface area contributed by atoms with Crippen molar-refractivity contribution in [2.24, 2.45) is 0 Å². The molecule has 0 bridgehead atoms. The summed E-state index contributed by atoms with van der Waals surface area (Å²) >= 11 is 1.54. The molecule has 0 aliphatic carbocycles. The van der Waals surface area contributed by atoms with Crippen molar-refractivity contribution in [1.29, 1.82) is 0 Å². The highest BCUT2D eigenvalue weighted by Gasteiger charge is 2.15. The predicted molar refractivity (Wildman–Crippen MR) is 73.7 cm³/mol. The Morgan fingerprint density at radius 2 is 2.10 bits per heavy atom. The highest BCUT2D eigenvalue weighted by Crippen LogP contribution is 2.20. The molecule has 2 unspecified atom stereocenters. The van der Waals surface area contributed by atoms with Crippen LogP contribution in [0, 0.1) is 5.82 Å². The molecule has 0 radical (unpaired) electrons. The molecular weight excluding hydrogens is 291 g/mol. The molecule has 0 fully saturated rings. The van der Waals surface area contributed by atoms with Gasteiger partial charge in [0.1, 0.15) is 0 Å². The van der Waals surface area contributed by atoms with Crippen LogP contribution in [-0.4, -0.2) is 35.9 Å². The fourth-order valence-electron chi connectivity index (χ4n) is 1.69. The molecule has 1 rings (SSSR count). The van der Waals surface area contributed by atoms with Crippen LogP contribution < -0.4 is 10.1 Å². The zero-order valence-corrected chi connectivity index (χ0v) is 12.1. The van der Waals surface area contributed by atoms with Crippen LogP contribution in [0.15, 0.2) is 18.2 Å². The summed E-state index contributed by atoms with van der Waals surface area (Å²) in [5.74, 6) is -1.28. The van der Waals surface area contributed by atoms with Gasteiger partial charge in [0.15, 0.2) is 11.6 Å². The number of hydrogen-bond acceptors (Lipinski definition) is 4. The summed E-state index contributed by atoms with van der Waals surface area (Å²) in [6.07, 6.45) is 1.90. The van der Waals surface area contributed by atoms with Crippen molar-refractivity contribution in [2.75, 3.05) is 12.9 Å². The Morgan fingerprint density at radius 3 is 2.60 bits per heavy atom. The second-order valence-corrected chi connectivity index (χ2v) is 5.35. The Hall–Kier alpha value is -0.920. The molecule has 0 heterocycles. The van der Waals surface area contributed by atoms with Crippen molar-refractivity contribution in [3.63, 3.8) is 0 Å². The molecule has 0 saturated heterocycles. The number of benzene rings is 1. The Morgan fingerprint density at radius 1 is 1.40 bits per heavy atom. The molecule has 2 atom stereocenters. The SMILES string of the molecule is CSC(CO)C(C)NCc1ccc(OC(F)F)c(F)c1. The molecule has 1 aromatic rings. The summed E-state index contributed by atoms with van der Waals surface area (Å²) < 4.78 is 41.5. The minimum Gasteiger partial charge on any atom is -0.432 e. The third-order valence-electron chi connectivity index (χ3n) is 2.88. The number of thioether (sulfide) groups is 1. The van der Waals surface area contributed by atoms with E-state index in [2.05, 4.69) is 10.1 Å². The Kier molecular flexibility index (Phi) is 7.18. The smallest absolute Gasteiger partial charge is 0.387 e. The van der Waals surface area contributed by atoms with Gasteiger partial charge in [-0.1, -0.05) is 6.07 Å². The lowest BCUT2D eigenvalue weighted by Crippen LogP contribution is -2.37. The van der Waals surface area contributed by atoms with Crippen LogP contribution in [-0.2, 0) is 6.54 Å². The summed E-state index contributed by atoms with van der Waals surface area (Å²) in [6.45, 7) is -0.697. The van der Waals surface area contributed by atoms with Crippen LogP contribution in [0.2, 0.25) is 0 Å². The van der Waals surface area contributed by atoms with Gasteiger partial charge in [0.25, 0.3) is 0 Å². The average molecular weight is 309 g/mol. The number of alkyl halides is 2. The molecule has 0 aromatic heterocycles. The molecule has 3 nitrogen and oxygen atoms in total. The molecule has 7 heteroatoms. The monoisotopic (exact) mass is 309 g/mol. The van der Waals surface area contributed by atoms with E-state index in [9.17, 15) is 13.2 Å². The summed E-state index contributed by atoms with van der Waals surface area (Å²) in [5.41, 5.74) is 0.619. The lowest BCUT2D eigenvalue weighted by atomic mass is 10.2. The van der Waals surface area contributed by atoms with Gasteiger partial charge >= 0.3 is 6.61 Å². The summed E-state index contributed by atoms with van der Waals surface area (Å²) in [5, 5.41) is 12.3. The normalized spacial score (nSPS) is 14.3. The second-order valence-electron chi connectivity index (χ2n) is 4.27. The molecule has 0 aliphatic heterocycles. The highest BCUT2D eigenvalue weighted by molar-refractivity contribution is 7.99. The highest BCUT2D eigenvalue weighted by atomic mass is 32.2. The van der Waals surface area contributed by atoms with Crippen molar-refractivity contribution in [2.45, 2.75) is 31.4 Å². The molecule has 0 aliphatic rings. The Labute approximate surface area is 120 Å². The van der Waals surface area contributed by atoms with Crippen LogP contribution in [0.1, 0.15) is 12.5 Å². The van der Waals surface area contributed by atoms with Crippen LogP contribution >= 0.6 is 11.8 Å². The van der Waals surface area contributed by atoms with E-state index in [4.69, 9.17) is 5.11 Å². The van der Waals surface area contributed by atoms with Crippen molar-refractivity contribution < 1.29 is 23.0 Å². The van der Waals surface area contributed by atoms with Crippen LogP contribution in [0.3, 0.4) is 0 Å². The standard InChI is InChI=1S/C13H18F3NO2S/c1-8(12(7-18)20-2)17-6-9-3-4-11(10(14)5-9)19-13(15)16/h3-5,8,12-13,17-18H,6-7H2,1-2H3. The second kappa shape index (κ2) is 8.39. The predicted octanol–water partition coefficient (Wildman–Crippen LogP) is 2.63. The first-order valence-corrected chi connectivity index (χ1v) is 7.37.